The molecule has 0 aliphatic carbocycles. The number of nitrogens with zero attached hydrogens (tertiary/aromatic N) is 4. The van der Waals surface area contributed by atoms with Gasteiger partial charge in [-0.05, 0) is 45.7 Å². The molecule has 0 bridgehead atoms. The number of hydrogen-bond donors (Lipinski definition) is 1. The molecule has 2 rings (SSSR count). The van der Waals surface area contributed by atoms with E-state index >= 15 is 0 Å². The van der Waals surface area contributed by atoms with Gasteiger partial charge < -0.3 is 5.73 Å². The minimum atomic E-state index is -0.0350. The largest absolute Gasteiger partial charge is 0.321 e. The van der Waals surface area contributed by atoms with Gasteiger partial charge in [0.2, 0.25) is 0 Å². The summed E-state index contributed by atoms with van der Waals surface area (Å²) in [5, 5.41) is 8.26. The second-order valence-corrected chi connectivity index (χ2v) is 6.12. The highest BCUT2D eigenvalue weighted by Gasteiger charge is 2.39. The number of hydrogen-bond acceptors (Lipinski definition) is 4. The van der Waals surface area contributed by atoms with Crippen LogP contribution in [0.1, 0.15) is 64.6 Å². The molecule has 0 aromatic carbocycles. The summed E-state index contributed by atoms with van der Waals surface area (Å²) in [7, 11) is 0. The second-order valence-electron chi connectivity index (χ2n) is 6.12. The van der Waals surface area contributed by atoms with Crippen molar-refractivity contribution in [3.8, 4) is 0 Å². The smallest absolute Gasteiger partial charge is 0.0773 e. The van der Waals surface area contributed by atoms with Crippen molar-refractivity contribution in [3.05, 3.63) is 11.9 Å². The van der Waals surface area contributed by atoms with Crippen molar-refractivity contribution in [3.63, 3.8) is 0 Å². The van der Waals surface area contributed by atoms with E-state index in [4.69, 9.17) is 5.73 Å². The average molecular weight is 279 g/mol. The van der Waals surface area contributed by atoms with Gasteiger partial charge in [-0.25, -0.2) is 4.68 Å². The molecule has 1 fully saturated rings. The maximum Gasteiger partial charge on any atom is 0.0773 e. The van der Waals surface area contributed by atoms with Crippen LogP contribution in [0.2, 0.25) is 0 Å². The molecule has 1 saturated heterocycles. The molecule has 0 saturated carbocycles. The first-order chi connectivity index (χ1) is 9.63. The van der Waals surface area contributed by atoms with Gasteiger partial charge in [-0.1, -0.05) is 25.5 Å². The van der Waals surface area contributed by atoms with Crippen molar-refractivity contribution in [2.24, 2.45) is 5.73 Å². The maximum absolute atomic E-state index is 6.65. The normalized spacial score (nSPS) is 21.6. The Bertz CT molecular complexity index is 410. The highest BCUT2D eigenvalue weighted by Crippen LogP contribution is 2.34. The molecule has 2 N–H and O–H groups in total. The van der Waals surface area contributed by atoms with E-state index in [0.29, 0.717) is 0 Å². The number of aryl methyl sites for hydroxylation is 1. The van der Waals surface area contributed by atoms with Crippen LogP contribution in [0.25, 0.3) is 0 Å². The van der Waals surface area contributed by atoms with Crippen molar-refractivity contribution in [2.75, 3.05) is 13.1 Å². The van der Waals surface area contributed by atoms with Crippen LogP contribution in [0.15, 0.2) is 6.20 Å². The minimum absolute atomic E-state index is 0.00632. The number of nitrogens with two attached hydrogens (primary N) is 1. The lowest BCUT2D eigenvalue weighted by molar-refractivity contribution is 0.0518. The SMILES string of the molecule is CCCn1nncc1C(N)C(C)(CC)N1CCCCC1. The van der Waals surface area contributed by atoms with Gasteiger partial charge in [0, 0.05) is 12.1 Å². The predicted octanol–water partition coefficient (Wildman–Crippen LogP) is 2.34. The molecule has 1 aliphatic heterocycles. The zero-order valence-electron chi connectivity index (χ0n) is 13.2. The summed E-state index contributed by atoms with van der Waals surface area (Å²) in [6, 6.07) is -0.0350. The van der Waals surface area contributed by atoms with Gasteiger partial charge in [-0.3, -0.25) is 4.90 Å². The monoisotopic (exact) mass is 279 g/mol. The average Bonchev–Trinajstić information content (AvgIpc) is 2.95. The summed E-state index contributed by atoms with van der Waals surface area (Å²) in [4.78, 5) is 2.57. The molecule has 20 heavy (non-hydrogen) atoms. The van der Waals surface area contributed by atoms with Gasteiger partial charge in [0.15, 0.2) is 0 Å². The van der Waals surface area contributed by atoms with E-state index in [1.165, 1.54) is 19.3 Å². The van der Waals surface area contributed by atoms with E-state index in [9.17, 15) is 0 Å². The van der Waals surface area contributed by atoms with Crippen molar-refractivity contribution >= 4 is 0 Å². The lowest BCUT2D eigenvalue weighted by Gasteiger charge is -2.46. The van der Waals surface area contributed by atoms with E-state index in [1.807, 2.05) is 10.9 Å². The molecule has 1 aromatic heterocycles. The van der Waals surface area contributed by atoms with Crippen LogP contribution in [0.5, 0.6) is 0 Å². The lowest BCUT2D eigenvalue weighted by atomic mass is 9.84. The van der Waals surface area contributed by atoms with Crippen LogP contribution >= 0.6 is 0 Å². The van der Waals surface area contributed by atoms with E-state index in [2.05, 4.69) is 36.0 Å². The lowest BCUT2D eigenvalue weighted by Crippen LogP contribution is -2.55. The fourth-order valence-electron chi connectivity index (χ4n) is 3.26. The molecule has 1 aromatic rings. The highest BCUT2D eigenvalue weighted by atomic mass is 15.4. The summed E-state index contributed by atoms with van der Waals surface area (Å²) in [5.41, 5.74) is 7.71. The minimum Gasteiger partial charge on any atom is -0.321 e. The molecule has 2 atom stereocenters. The molecule has 2 unspecified atom stereocenters. The van der Waals surface area contributed by atoms with E-state index in [-0.39, 0.29) is 11.6 Å². The molecule has 114 valence electrons. The van der Waals surface area contributed by atoms with Crippen LogP contribution in [-0.4, -0.2) is 38.5 Å². The predicted molar refractivity (Wildman–Crippen MR) is 81.4 cm³/mol. The highest BCUT2D eigenvalue weighted by molar-refractivity contribution is 5.11. The second kappa shape index (κ2) is 6.68. The third kappa shape index (κ3) is 2.88. The summed E-state index contributed by atoms with van der Waals surface area (Å²) >= 11 is 0. The van der Waals surface area contributed by atoms with Crippen molar-refractivity contribution in [2.45, 2.75) is 71.0 Å². The van der Waals surface area contributed by atoms with Crippen LogP contribution < -0.4 is 5.73 Å². The molecular weight excluding hydrogens is 250 g/mol. The van der Waals surface area contributed by atoms with Crippen LogP contribution in [0.4, 0.5) is 0 Å². The van der Waals surface area contributed by atoms with Crippen molar-refractivity contribution in [1.82, 2.24) is 19.9 Å². The fourth-order valence-corrected chi connectivity index (χ4v) is 3.26. The first kappa shape index (κ1) is 15.4. The third-order valence-electron chi connectivity index (χ3n) is 4.87. The molecule has 0 spiro atoms. The molecule has 2 heterocycles. The Morgan fingerprint density at radius 2 is 2.00 bits per heavy atom. The summed E-state index contributed by atoms with van der Waals surface area (Å²) < 4.78 is 1.97. The Kier molecular flexibility index (Phi) is 5.16. The van der Waals surface area contributed by atoms with Crippen LogP contribution in [0, 0.1) is 0 Å². The maximum atomic E-state index is 6.65. The Morgan fingerprint density at radius 3 is 2.60 bits per heavy atom. The standard InChI is InChI=1S/C15H29N5/c1-4-9-20-13(12-17-18-20)14(16)15(3,5-2)19-10-7-6-8-11-19/h12,14H,4-11,16H2,1-3H3. The van der Waals surface area contributed by atoms with Crippen LogP contribution in [0.3, 0.4) is 0 Å². The Morgan fingerprint density at radius 1 is 1.30 bits per heavy atom. The zero-order chi connectivity index (χ0) is 14.6. The fraction of sp³-hybridized carbons (Fsp3) is 0.867. The molecule has 5 nitrogen and oxygen atoms in total. The Hall–Kier alpha value is -0.940. The van der Waals surface area contributed by atoms with E-state index < -0.39 is 0 Å². The van der Waals surface area contributed by atoms with Gasteiger partial charge in [0.25, 0.3) is 0 Å². The summed E-state index contributed by atoms with van der Waals surface area (Å²) in [6.07, 6.45) is 7.86. The molecule has 0 radical (unpaired) electrons. The van der Waals surface area contributed by atoms with Gasteiger partial charge in [-0.15, -0.1) is 5.10 Å². The molecule has 1 aliphatic rings. The van der Waals surface area contributed by atoms with Gasteiger partial charge in [0.1, 0.15) is 0 Å². The molecule has 0 amide bonds. The summed E-state index contributed by atoms with van der Waals surface area (Å²) in [6.45, 7) is 9.90. The Labute approximate surface area is 122 Å². The number of likely N-dealkylation sites (tertiary alicyclic amines) is 1. The quantitative estimate of drug-likeness (QED) is 0.868. The van der Waals surface area contributed by atoms with Crippen molar-refractivity contribution in [1.29, 1.82) is 0 Å². The first-order valence-electron chi connectivity index (χ1n) is 8.02. The topological polar surface area (TPSA) is 60.0 Å². The van der Waals surface area contributed by atoms with Gasteiger partial charge in [0.05, 0.1) is 17.9 Å². The van der Waals surface area contributed by atoms with Crippen LogP contribution in [-0.2, 0) is 6.54 Å². The molecule has 5 heteroatoms. The van der Waals surface area contributed by atoms with Crippen molar-refractivity contribution < 1.29 is 0 Å². The first-order valence-corrected chi connectivity index (χ1v) is 8.02. The van der Waals surface area contributed by atoms with Gasteiger partial charge >= 0.3 is 0 Å². The summed E-state index contributed by atoms with van der Waals surface area (Å²) in [5.74, 6) is 0. The van der Waals surface area contributed by atoms with E-state index in [1.54, 1.807) is 0 Å². The number of piperidine rings is 1. The zero-order valence-corrected chi connectivity index (χ0v) is 13.2. The van der Waals surface area contributed by atoms with Gasteiger partial charge in [-0.2, -0.15) is 0 Å². The van der Waals surface area contributed by atoms with E-state index in [0.717, 1.165) is 38.2 Å². The molecular formula is C15H29N5. The Balaban J connectivity index is 2.22. The number of aromatic nitrogens is 3. The number of rotatable bonds is 6. The third-order valence-corrected chi connectivity index (χ3v) is 4.87.